The van der Waals surface area contributed by atoms with E-state index in [1.165, 1.54) is 0 Å². The maximum atomic E-state index is 12.0. The highest BCUT2D eigenvalue weighted by Crippen LogP contribution is 2.27. The van der Waals surface area contributed by atoms with Crippen molar-refractivity contribution in [3.63, 3.8) is 0 Å². The van der Waals surface area contributed by atoms with Crippen molar-refractivity contribution < 1.29 is 9.53 Å². The van der Waals surface area contributed by atoms with Crippen LogP contribution in [-0.2, 0) is 4.79 Å². The molecule has 1 aromatic carbocycles. The van der Waals surface area contributed by atoms with Gasteiger partial charge in [-0.15, -0.1) is 12.4 Å². The van der Waals surface area contributed by atoms with E-state index in [9.17, 15) is 4.79 Å². The molecule has 5 heteroatoms. The molecule has 4 nitrogen and oxygen atoms in total. The number of halogens is 1. The molecule has 0 unspecified atom stereocenters. The number of carbonyl (C=O) groups excluding carboxylic acids is 1. The lowest BCUT2D eigenvalue weighted by molar-refractivity contribution is -0.116. The summed E-state index contributed by atoms with van der Waals surface area (Å²) in [5.74, 6) is 0.745. The molecule has 0 saturated carbocycles. The molecular formula is C17H29ClN2O2. The quantitative estimate of drug-likeness (QED) is 0.705. The third-order valence-electron chi connectivity index (χ3n) is 2.94. The van der Waals surface area contributed by atoms with Gasteiger partial charge in [-0.3, -0.25) is 4.79 Å². The largest absolute Gasteiger partial charge is 0.486 e. The van der Waals surface area contributed by atoms with Gasteiger partial charge in [-0.2, -0.15) is 0 Å². The van der Waals surface area contributed by atoms with Gasteiger partial charge < -0.3 is 15.8 Å². The molecule has 22 heavy (non-hydrogen) atoms. The minimum Gasteiger partial charge on any atom is -0.486 e. The Balaban J connectivity index is 0.00000441. The number of nitrogens with one attached hydrogen (secondary N) is 1. The van der Waals surface area contributed by atoms with Crippen LogP contribution in [0.1, 0.15) is 52.9 Å². The number of hydrogen-bond acceptors (Lipinski definition) is 3. The summed E-state index contributed by atoms with van der Waals surface area (Å²) in [5, 5.41) is 2.94. The van der Waals surface area contributed by atoms with Crippen LogP contribution in [-0.4, -0.2) is 18.1 Å². The van der Waals surface area contributed by atoms with E-state index in [1.807, 2.05) is 45.0 Å². The molecule has 0 atom stereocenters. The highest BCUT2D eigenvalue weighted by atomic mass is 35.5. The van der Waals surface area contributed by atoms with E-state index in [4.69, 9.17) is 10.5 Å². The van der Waals surface area contributed by atoms with Crippen molar-refractivity contribution in [3.05, 3.63) is 24.3 Å². The fourth-order valence-corrected chi connectivity index (χ4v) is 1.98. The van der Waals surface area contributed by atoms with Gasteiger partial charge in [0.1, 0.15) is 11.4 Å². The molecule has 0 bridgehead atoms. The van der Waals surface area contributed by atoms with Gasteiger partial charge >= 0.3 is 0 Å². The van der Waals surface area contributed by atoms with Gasteiger partial charge in [0.15, 0.2) is 0 Å². The van der Waals surface area contributed by atoms with Gasteiger partial charge in [0, 0.05) is 6.42 Å². The molecule has 0 aromatic heterocycles. The lowest BCUT2D eigenvalue weighted by atomic mass is 10.1. The van der Waals surface area contributed by atoms with E-state index in [0.29, 0.717) is 12.2 Å². The molecule has 3 N–H and O–H groups in total. The fraction of sp³-hybridized carbons (Fsp3) is 0.588. The van der Waals surface area contributed by atoms with E-state index >= 15 is 0 Å². The number of unbranched alkanes of at least 4 members (excludes halogenated alkanes) is 3. The summed E-state index contributed by atoms with van der Waals surface area (Å²) in [4.78, 5) is 12.0. The summed E-state index contributed by atoms with van der Waals surface area (Å²) in [5.41, 5.74) is 5.89. The SMILES string of the molecule is CC(C)(C)Oc1ccccc1NC(=O)CCCCCCN.Cl. The summed E-state index contributed by atoms with van der Waals surface area (Å²) in [6, 6.07) is 7.55. The van der Waals surface area contributed by atoms with Crippen molar-refractivity contribution in [2.45, 2.75) is 58.5 Å². The van der Waals surface area contributed by atoms with Gasteiger partial charge in [0.25, 0.3) is 0 Å². The third kappa shape index (κ3) is 8.90. The van der Waals surface area contributed by atoms with Crippen LogP contribution >= 0.6 is 12.4 Å². The zero-order chi connectivity index (χ0) is 15.7. The van der Waals surface area contributed by atoms with Crippen LogP contribution in [0.4, 0.5) is 5.69 Å². The normalized spacial score (nSPS) is 10.7. The Labute approximate surface area is 140 Å². The zero-order valence-corrected chi connectivity index (χ0v) is 14.7. The summed E-state index contributed by atoms with van der Waals surface area (Å²) in [6.45, 7) is 6.69. The standard InChI is InChI=1S/C17H28N2O2.ClH/c1-17(2,3)21-15-11-8-7-10-14(15)19-16(20)12-6-4-5-9-13-18;/h7-8,10-11H,4-6,9,12-13,18H2,1-3H3,(H,19,20);1H. The monoisotopic (exact) mass is 328 g/mol. The Bertz CT molecular complexity index is 445. The lowest BCUT2D eigenvalue weighted by Crippen LogP contribution is -2.24. The second-order valence-corrected chi connectivity index (χ2v) is 6.21. The van der Waals surface area contributed by atoms with Crippen molar-refractivity contribution in [3.8, 4) is 5.75 Å². The number of hydrogen-bond donors (Lipinski definition) is 2. The predicted octanol–water partition coefficient (Wildman–Crippen LogP) is 4.13. The molecule has 1 amide bonds. The average molecular weight is 329 g/mol. The van der Waals surface area contributed by atoms with Crippen LogP contribution < -0.4 is 15.8 Å². The average Bonchev–Trinajstić information content (AvgIpc) is 2.39. The Hall–Kier alpha value is -1.26. The maximum Gasteiger partial charge on any atom is 0.224 e. The van der Waals surface area contributed by atoms with Crippen LogP contribution in [0.25, 0.3) is 0 Å². The van der Waals surface area contributed by atoms with Gasteiger partial charge in [-0.1, -0.05) is 25.0 Å². The number of amides is 1. The highest BCUT2D eigenvalue weighted by Gasteiger charge is 2.15. The van der Waals surface area contributed by atoms with Crippen LogP contribution in [0.15, 0.2) is 24.3 Å². The lowest BCUT2D eigenvalue weighted by Gasteiger charge is -2.23. The first-order valence-electron chi connectivity index (χ1n) is 7.70. The molecule has 0 fully saturated rings. The molecule has 1 rings (SSSR count). The fourth-order valence-electron chi connectivity index (χ4n) is 1.98. The van der Waals surface area contributed by atoms with Gasteiger partial charge in [0.05, 0.1) is 5.69 Å². The van der Waals surface area contributed by atoms with Gasteiger partial charge in [0.2, 0.25) is 5.91 Å². The predicted molar refractivity (Wildman–Crippen MR) is 94.8 cm³/mol. The molecule has 0 heterocycles. The topological polar surface area (TPSA) is 64.3 Å². The zero-order valence-electron chi connectivity index (χ0n) is 13.9. The van der Waals surface area contributed by atoms with Gasteiger partial charge in [-0.05, 0) is 52.3 Å². The van der Waals surface area contributed by atoms with Crippen molar-refractivity contribution >= 4 is 24.0 Å². The maximum absolute atomic E-state index is 12.0. The first-order chi connectivity index (χ1) is 9.92. The van der Waals surface area contributed by atoms with Crippen molar-refractivity contribution in [1.82, 2.24) is 0 Å². The number of anilines is 1. The van der Waals surface area contributed by atoms with Crippen LogP contribution in [0, 0.1) is 0 Å². The number of benzene rings is 1. The second-order valence-electron chi connectivity index (χ2n) is 6.21. The molecule has 0 spiro atoms. The summed E-state index contributed by atoms with van der Waals surface area (Å²) in [7, 11) is 0. The number of nitrogens with two attached hydrogens (primary N) is 1. The van der Waals surface area contributed by atoms with E-state index < -0.39 is 0 Å². The number of ether oxygens (including phenoxy) is 1. The Morgan fingerprint density at radius 3 is 2.41 bits per heavy atom. The third-order valence-corrected chi connectivity index (χ3v) is 2.94. The van der Waals surface area contributed by atoms with Crippen LogP contribution in [0.3, 0.4) is 0 Å². The van der Waals surface area contributed by atoms with Crippen molar-refractivity contribution in [2.24, 2.45) is 5.73 Å². The minimum absolute atomic E-state index is 0. The van der Waals surface area contributed by atoms with Crippen molar-refractivity contribution in [1.29, 1.82) is 0 Å². The summed E-state index contributed by atoms with van der Waals surface area (Å²) < 4.78 is 5.86. The minimum atomic E-state index is -0.289. The molecule has 0 saturated heterocycles. The molecular weight excluding hydrogens is 300 g/mol. The smallest absolute Gasteiger partial charge is 0.224 e. The Morgan fingerprint density at radius 1 is 1.14 bits per heavy atom. The van der Waals surface area contributed by atoms with Crippen LogP contribution in [0.2, 0.25) is 0 Å². The van der Waals surface area contributed by atoms with Crippen LogP contribution in [0.5, 0.6) is 5.75 Å². The number of rotatable bonds is 8. The molecule has 0 radical (unpaired) electrons. The molecule has 0 aliphatic carbocycles. The molecule has 1 aromatic rings. The second kappa shape index (κ2) is 10.5. The van der Waals surface area contributed by atoms with Gasteiger partial charge in [-0.25, -0.2) is 0 Å². The highest BCUT2D eigenvalue weighted by molar-refractivity contribution is 5.92. The number of carbonyl (C=O) groups is 1. The summed E-state index contributed by atoms with van der Waals surface area (Å²) in [6.07, 6.45) is 4.60. The first-order valence-corrected chi connectivity index (χ1v) is 7.70. The first kappa shape index (κ1) is 20.7. The van der Waals surface area contributed by atoms with E-state index in [0.717, 1.165) is 37.9 Å². The Morgan fingerprint density at radius 2 is 1.77 bits per heavy atom. The summed E-state index contributed by atoms with van der Waals surface area (Å²) >= 11 is 0. The Kier molecular flexibility index (Phi) is 9.86. The molecule has 0 aliphatic heterocycles. The van der Waals surface area contributed by atoms with E-state index in [-0.39, 0.29) is 23.9 Å². The van der Waals surface area contributed by atoms with Crippen molar-refractivity contribution in [2.75, 3.05) is 11.9 Å². The number of para-hydroxylation sites is 2. The molecule has 126 valence electrons. The molecule has 0 aliphatic rings. The van der Waals surface area contributed by atoms with E-state index in [2.05, 4.69) is 5.32 Å². The van der Waals surface area contributed by atoms with E-state index in [1.54, 1.807) is 0 Å².